The van der Waals surface area contributed by atoms with Crippen LogP contribution in [0.1, 0.15) is 47.2 Å². The van der Waals surface area contributed by atoms with Crippen molar-refractivity contribution in [1.29, 1.82) is 5.26 Å². The van der Waals surface area contributed by atoms with Crippen LogP contribution in [0.4, 0.5) is 10.6 Å². The Kier molecular flexibility index (Phi) is 8.89. The molecule has 2 aliphatic heterocycles. The highest BCUT2D eigenvalue weighted by atomic mass is 31.0. The Balaban J connectivity index is 1.40. The van der Waals surface area contributed by atoms with E-state index in [-0.39, 0.29) is 35.2 Å². The zero-order valence-electron chi connectivity index (χ0n) is 23.8. The van der Waals surface area contributed by atoms with Crippen LogP contribution in [0.2, 0.25) is 0 Å². The Morgan fingerprint density at radius 3 is 2.50 bits per heavy atom. The fourth-order valence-corrected chi connectivity index (χ4v) is 6.68. The topological polar surface area (TPSA) is 123 Å². The van der Waals surface area contributed by atoms with Crippen LogP contribution < -0.4 is 10.2 Å². The van der Waals surface area contributed by atoms with Gasteiger partial charge in [0.2, 0.25) is 5.91 Å². The minimum absolute atomic E-state index is 0.0435. The molecule has 0 aliphatic carbocycles. The minimum atomic E-state index is -0.445. The van der Waals surface area contributed by atoms with Crippen molar-refractivity contribution in [1.82, 2.24) is 20.0 Å². The van der Waals surface area contributed by atoms with E-state index in [2.05, 4.69) is 42.5 Å². The molecule has 42 heavy (non-hydrogen) atoms. The number of hydrogen-bond donors (Lipinski definition) is 1. The van der Waals surface area contributed by atoms with Crippen LogP contribution in [0.3, 0.4) is 0 Å². The van der Waals surface area contributed by atoms with E-state index >= 15 is 0 Å². The zero-order chi connectivity index (χ0) is 29.8. The standard InChI is InChI=1S/C31H35N6O4P/c1-20-5-11-24(28(42)16-20)25-18-36(29-12-8-22(17-32)33-34-29)19-26(25)30(39)35-13-3-4-27(21-6-9-23(38)10-7-21)37(15-14-35)31(40)41-2/h5-12,16,25-27,38H,3-4,13-15,18-19,42H2,1-2H3/t25-,26+,27?/m0/s1. The van der Waals surface area contributed by atoms with Gasteiger partial charge in [-0.1, -0.05) is 35.9 Å². The number of aromatic hydroxyl groups is 1. The van der Waals surface area contributed by atoms with Crippen LogP contribution in [0.25, 0.3) is 0 Å². The molecule has 2 aromatic carbocycles. The van der Waals surface area contributed by atoms with Crippen LogP contribution in [-0.4, -0.2) is 76.9 Å². The van der Waals surface area contributed by atoms with E-state index in [0.29, 0.717) is 51.4 Å². The summed E-state index contributed by atoms with van der Waals surface area (Å²) >= 11 is 0. The fourth-order valence-electron chi connectivity index (χ4n) is 6.10. The number of aryl methyl sites for hydroxylation is 1. The maximum absolute atomic E-state index is 14.3. The number of nitrogens with zero attached hydrogens (tertiary/aromatic N) is 6. The van der Waals surface area contributed by atoms with Gasteiger partial charge >= 0.3 is 6.09 Å². The lowest BCUT2D eigenvalue weighted by molar-refractivity contribution is -0.136. The molecule has 2 amide bonds. The summed E-state index contributed by atoms with van der Waals surface area (Å²) in [5.74, 6) is 0.439. The molecule has 5 rings (SSSR count). The van der Waals surface area contributed by atoms with Crippen LogP contribution in [0.5, 0.6) is 5.75 Å². The van der Waals surface area contributed by atoms with Crippen molar-refractivity contribution in [2.75, 3.05) is 44.7 Å². The number of anilines is 1. The predicted octanol–water partition coefficient (Wildman–Crippen LogP) is 3.51. The van der Waals surface area contributed by atoms with Crippen LogP contribution >= 0.6 is 9.24 Å². The van der Waals surface area contributed by atoms with Gasteiger partial charge in [-0.05, 0) is 60.5 Å². The summed E-state index contributed by atoms with van der Waals surface area (Å²) in [5, 5.41) is 28.2. The molecule has 0 bridgehead atoms. The molecule has 10 nitrogen and oxygen atoms in total. The first-order valence-electron chi connectivity index (χ1n) is 14.1. The highest BCUT2D eigenvalue weighted by molar-refractivity contribution is 7.27. The third-order valence-corrected chi connectivity index (χ3v) is 8.76. The molecule has 2 fully saturated rings. The Morgan fingerprint density at radius 2 is 1.83 bits per heavy atom. The van der Waals surface area contributed by atoms with Crippen molar-refractivity contribution in [2.24, 2.45) is 5.92 Å². The van der Waals surface area contributed by atoms with E-state index in [1.54, 1.807) is 29.2 Å². The Bertz CT molecular complexity index is 1480. The molecule has 3 aromatic rings. The number of phenolic OH excluding ortho intramolecular Hbond substituents is 1. The van der Waals surface area contributed by atoms with Crippen molar-refractivity contribution in [2.45, 2.75) is 31.7 Å². The average molecular weight is 587 g/mol. The second kappa shape index (κ2) is 12.7. The lowest BCUT2D eigenvalue weighted by Gasteiger charge is -2.37. The number of carbonyl (C=O) groups is 2. The number of carbonyl (C=O) groups excluding carboxylic acids is 2. The largest absolute Gasteiger partial charge is 0.508 e. The van der Waals surface area contributed by atoms with E-state index in [1.807, 2.05) is 30.0 Å². The smallest absolute Gasteiger partial charge is 0.410 e. The Morgan fingerprint density at radius 1 is 1.05 bits per heavy atom. The van der Waals surface area contributed by atoms with Crippen LogP contribution in [-0.2, 0) is 9.53 Å². The average Bonchev–Trinajstić information content (AvgIpc) is 3.42. The summed E-state index contributed by atoms with van der Waals surface area (Å²) in [4.78, 5) is 32.8. The van der Waals surface area contributed by atoms with Crippen molar-refractivity contribution in [3.05, 3.63) is 77.0 Å². The number of nitriles is 1. The molecule has 0 radical (unpaired) electrons. The molecule has 0 spiro atoms. The van der Waals surface area contributed by atoms with Crippen LogP contribution in [0.15, 0.2) is 54.6 Å². The van der Waals surface area contributed by atoms with Gasteiger partial charge in [-0.3, -0.25) is 9.69 Å². The van der Waals surface area contributed by atoms with Crippen molar-refractivity contribution in [3.63, 3.8) is 0 Å². The first kappa shape index (κ1) is 29.3. The molecule has 2 aliphatic rings. The maximum Gasteiger partial charge on any atom is 0.410 e. The van der Waals surface area contributed by atoms with Gasteiger partial charge in [0.15, 0.2) is 11.5 Å². The fraction of sp³-hybridized carbons (Fsp3) is 0.387. The number of aromatic nitrogens is 2. The van der Waals surface area contributed by atoms with Crippen molar-refractivity contribution < 1.29 is 19.4 Å². The molecule has 3 heterocycles. The van der Waals surface area contributed by atoms with Gasteiger partial charge in [-0.25, -0.2) is 4.79 Å². The van der Waals surface area contributed by atoms with E-state index in [0.717, 1.165) is 22.0 Å². The molecule has 11 heteroatoms. The van der Waals surface area contributed by atoms with Gasteiger partial charge in [0.1, 0.15) is 11.8 Å². The van der Waals surface area contributed by atoms with Gasteiger partial charge < -0.3 is 19.6 Å². The van der Waals surface area contributed by atoms with E-state index in [9.17, 15) is 14.7 Å². The second-order valence-corrected chi connectivity index (χ2v) is 11.5. The van der Waals surface area contributed by atoms with Gasteiger partial charge in [-0.15, -0.1) is 19.4 Å². The third kappa shape index (κ3) is 6.17. The zero-order valence-corrected chi connectivity index (χ0v) is 25.0. The molecular weight excluding hydrogens is 551 g/mol. The van der Waals surface area contributed by atoms with Gasteiger partial charge in [0.25, 0.3) is 0 Å². The van der Waals surface area contributed by atoms with Gasteiger partial charge in [0.05, 0.1) is 19.1 Å². The number of benzene rings is 2. The third-order valence-electron chi connectivity index (χ3n) is 8.26. The molecule has 2 unspecified atom stereocenters. The normalized spacial score (nSPS) is 20.9. The molecule has 1 aromatic heterocycles. The minimum Gasteiger partial charge on any atom is -0.508 e. The van der Waals surface area contributed by atoms with Crippen LogP contribution in [0, 0.1) is 24.2 Å². The quantitative estimate of drug-likeness (QED) is 0.461. The van der Waals surface area contributed by atoms with Crippen molar-refractivity contribution in [3.8, 4) is 11.8 Å². The number of amides is 2. The monoisotopic (exact) mass is 586 g/mol. The van der Waals surface area contributed by atoms with Crippen molar-refractivity contribution >= 4 is 32.4 Å². The molecule has 1 N–H and O–H groups in total. The molecule has 0 saturated carbocycles. The summed E-state index contributed by atoms with van der Waals surface area (Å²) < 4.78 is 5.13. The highest BCUT2D eigenvalue weighted by Crippen LogP contribution is 2.37. The summed E-state index contributed by atoms with van der Waals surface area (Å²) in [5.41, 5.74) is 3.41. The summed E-state index contributed by atoms with van der Waals surface area (Å²) in [7, 11) is 4.18. The molecular formula is C31H35N6O4P. The first-order valence-corrected chi connectivity index (χ1v) is 14.6. The first-order chi connectivity index (χ1) is 20.3. The molecule has 2 saturated heterocycles. The summed E-state index contributed by atoms with van der Waals surface area (Å²) in [6.45, 7) is 4.38. The van der Waals surface area contributed by atoms with E-state index in [4.69, 9.17) is 10.00 Å². The maximum atomic E-state index is 14.3. The van der Waals surface area contributed by atoms with E-state index in [1.165, 1.54) is 7.11 Å². The number of methoxy groups -OCH3 is 1. The SMILES string of the molecule is COC(=O)N1CCN(C(=O)[C@@H]2CN(c3ccc(C#N)nn3)C[C@H]2c2ccc(C)cc2P)CCCC1c1ccc(O)cc1. The number of phenols is 1. The summed E-state index contributed by atoms with van der Waals surface area (Å²) in [6, 6.07) is 18.4. The van der Waals surface area contributed by atoms with Gasteiger partial charge in [0, 0.05) is 38.6 Å². The number of rotatable bonds is 4. The predicted molar refractivity (Wildman–Crippen MR) is 161 cm³/mol. The molecule has 4 atom stereocenters. The lowest BCUT2D eigenvalue weighted by Crippen LogP contribution is -2.47. The van der Waals surface area contributed by atoms with E-state index < -0.39 is 6.09 Å². The lowest BCUT2D eigenvalue weighted by atomic mass is 9.87. The molecule has 218 valence electrons. The number of hydrogen-bond acceptors (Lipinski definition) is 8. The second-order valence-electron chi connectivity index (χ2n) is 10.9. The Hall–Kier alpha value is -4.22. The van der Waals surface area contributed by atoms with Gasteiger partial charge in [-0.2, -0.15) is 5.26 Å². The number of ether oxygens (including phenoxy) is 1. The highest BCUT2D eigenvalue weighted by Gasteiger charge is 2.42. The Labute approximate surface area is 248 Å². The summed E-state index contributed by atoms with van der Waals surface area (Å²) in [6.07, 6.45) is 0.907.